The van der Waals surface area contributed by atoms with Gasteiger partial charge in [0.1, 0.15) is 6.23 Å². The number of ether oxygens (including phenoxy) is 1. The molecule has 0 N–H and O–H groups in total. The van der Waals surface area contributed by atoms with E-state index in [0.29, 0.717) is 0 Å². The van der Waals surface area contributed by atoms with Gasteiger partial charge in [-0.3, -0.25) is 0 Å². The first-order valence-electron chi connectivity index (χ1n) is 8.72. The van der Waals surface area contributed by atoms with E-state index in [9.17, 15) is 4.79 Å². The fraction of sp³-hybridized carbons (Fsp3) is 0.800. The van der Waals surface area contributed by atoms with E-state index in [1.165, 1.54) is 6.08 Å². The van der Waals surface area contributed by atoms with Crippen molar-refractivity contribution in [3.05, 3.63) is 12.7 Å². The summed E-state index contributed by atoms with van der Waals surface area (Å²) in [6.45, 7) is 27.3. The Kier molecular flexibility index (Phi) is 8.52. The van der Waals surface area contributed by atoms with Crippen LogP contribution in [0.25, 0.3) is 0 Å². The molecule has 148 valence electrons. The van der Waals surface area contributed by atoms with Crippen molar-refractivity contribution in [2.24, 2.45) is 0 Å². The average Bonchev–Trinajstić information content (AvgIpc) is 2.28. The predicted octanol–water partition coefficient (Wildman–Crippen LogP) is 4.54. The van der Waals surface area contributed by atoms with E-state index < -0.39 is 46.8 Å². The lowest BCUT2D eigenvalue weighted by Gasteiger charge is -2.49. The molecular formula is C15H38O5Si5. The predicted molar refractivity (Wildman–Crippen MR) is 118 cm³/mol. The molecule has 5 nitrogen and oxygen atoms in total. The van der Waals surface area contributed by atoms with Gasteiger partial charge < -0.3 is 17.1 Å². The molecule has 0 radical (unpaired) electrons. The highest BCUT2D eigenvalue weighted by Crippen LogP contribution is 2.32. The van der Waals surface area contributed by atoms with Gasteiger partial charge in [-0.25, -0.2) is 4.79 Å². The Balaban J connectivity index is 6.12. The van der Waals surface area contributed by atoms with E-state index in [1.54, 1.807) is 0 Å². The zero-order valence-corrected chi connectivity index (χ0v) is 23.0. The quantitative estimate of drug-likeness (QED) is 0.285. The molecule has 10 heteroatoms. The Bertz CT molecular complexity index is 458. The second-order valence-electron chi connectivity index (χ2n) is 9.72. The van der Waals surface area contributed by atoms with Gasteiger partial charge in [-0.05, 0) is 72.0 Å². The van der Waals surface area contributed by atoms with Crippen LogP contribution in [0.1, 0.15) is 0 Å². The van der Waals surface area contributed by atoms with Crippen LogP contribution in [0.2, 0.25) is 72.0 Å². The van der Waals surface area contributed by atoms with Crippen molar-refractivity contribution < 1.29 is 21.9 Å². The number of hydrogen-bond acceptors (Lipinski definition) is 5. The third-order valence-corrected chi connectivity index (χ3v) is 26.1. The second-order valence-corrected chi connectivity index (χ2v) is 35.6. The molecule has 0 spiro atoms. The monoisotopic (exact) mass is 438 g/mol. The van der Waals surface area contributed by atoms with Crippen molar-refractivity contribution in [2.75, 3.05) is 6.23 Å². The fourth-order valence-corrected chi connectivity index (χ4v) is 36.2. The Hall–Kier alpha value is 0.174. The van der Waals surface area contributed by atoms with Crippen molar-refractivity contribution in [2.45, 2.75) is 72.0 Å². The lowest BCUT2D eigenvalue weighted by atomic mass is 10.7. The lowest BCUT2D eigenvalue weighted by Crippen LogP contribution is -2.74. The maximum absolute atomic E-state index is 11.8. The maximum atomic E-state index is 11.8. The molecule has 0 aromatic carbocycles. The van der Waals surface area contributed by atoms with Crippen molar-refractivity contribution in [1.82, 2.24) is 0 Å². The first kappa shape index (κ1) is 25.2. The lowest BCUT2D eigenvalue weighted by molar-refractivity contribution is -0.136. The highest BCUT2D eigenvalue weighted by Gasteiger charge is 2.61. The molecule has 0 unspecified atom stereocenters. The largest absolute Gasteiger partial charge is 0.461 e. The van der Waals surface area contributed by atoms with Crippen LogP contribution in [0.5, 0.6) is 0 Å². The van der Waals surface area contributed by atoms with Gasteiger partial charge in [-0.15, -0.1) is 0 Å². The molecule has 0 rings (SSSR count). The summed E-state index contributed by atoms with van der Waals surface area (Å²) < 4.78 is 25.7. The minimum absolute atomic E-state index is 0.177. The summed E-state index contributed by atoms with van der Waals surface area (Å²) >= 11 is 0. The van der Waals surface area contributed by atoms with Gasteiger partial charge >= 0.3 is 14.0 Å². The summed E-state index contributed by atoms with van der Waals surface area (Å²) in [6, 6.07) is 0. The first-order chi connectivity index (χ1) is 10.8. The van der Waals surface area contributed by atoms with E-state index >= 15 is 0 Å². The molecule has 0 aliphatic carbocycles. The van der Waals surface area contributed by atoms with Crippen LogP contribution < -0.4 is 0 Å². The van der Waals surface area contributed by atoms with E-state index in [-0.39, 0.29) is 6.23 Å². The molecule has 0 aromatic heterocycles. The first-order valence-corrected chi connectivity index (χ1v) is 24.9. The van der Waals surface area contributed by atoms with E-state index in [0.717, 1.165) is 0 Å². The molecular weight excluding hydrogens is 401 g/mol. The standard InChI is InChI=1S/C15H38O5Si5/c1-13-15(16)17-14-25(19-22(5,6)7,20-23(8,9)10)24(11,12)18-21(2,3)4/h13H,1,14H2,2-12H3. The van der Waals surface area contributed by atoms with Gasteiger partial charge in [-0.1, -0.05) is 6.58 Å². The van der Waals surface area contributed by atoms with Gasteiger partial charge in [0, 0.05) is 6.08 Å². The summed E-state index contributed by atoms with van der Waals surface area (Å²) in [5.41, 5.74) is 0. The Labute approximate surface area is 159 Å². The third-order valence-electron chi connectivity index (χ3n) is 2.99. The highest BCUT2D eigenvalue weighted by atomic mass is 29.3. The molecule has 0 heterocycles. The molecule has 0 amide bonds. The molecule has 0 saturated carbocycles. The van der Waals surface area contributed by atoms with Gasteiger partial charge in [0.2, 0.25) is 7.83 Å². The topological polar surface area (TPSA) is 54.0 Å². The summed E-state index contributed by atoms with van der Waals surface area (Å²) in [5, 5.41) is 0. The van der Waals surface area contributed by atoms with Crippen molar-refractivity contribution in [1.29, 1.82) is 0 Å². The summed E-state index contributed by atoms with van der Waals surface area (Å²) in [5.74, 6) is -0.437. The van der Waals surface area contributed by atoms with Crippen LogP contribution in [0, 0.1) is 0 Å². The zero-order valence-electron chi connectivity index (χ0n) is 18.0. The minimum atomic E-state index is -2.90. The van der Waals surface area contributed by atoms with Gasteiger partial charge in [-0.2, -0.15) is 0 Å². The fourth-order valence-electron chi connectivity index (χ4n) is 2.56. The summed E-state index contributed by atoms with van der Waals surface area (Å²) in [7, 11) is -11.0. The third kappa shape index (κ3) is 9.61. The number of carbonyl (C=O) groups is 1. The molecule has 0 atom stereocenters. The van der Waals surface area contributed by atoms with Gasteiger partial charge in [0.25, 0.3) is 0 Å². The zero-order chi connectivity index (χ0) is 20.3. The smallest absolute Gasteiger partial charge is 0.366 e. The summed E-state index contributed by atoms with van der Waals surface area (Å²) in [6.07, 6.45) is 1.37. The maximum Gasteiger partial charge on any atom is 0.366 e. The average molecular weight is 439 g/mol. The highest BCUT2D eigenvalue weighted by molar-refractivity contribution is 7.37. The molecule has 0 aliphatic rings. The Morgan fingerprint density at radius 1 is 0.760 bits per heavy atom. The Morgan fingerprint density at radius 3 is 1.40 bits per heavy atom. The van der Waals surface area contributed by atoms with Crippen LogP contribution in [0.15, 0.2) is 12.7 Å². The molecule has 25 heavy (non-hydrogen) atoms. The van der Waals surface area contributed by atoms with Gasteiger partial charge in [0.05, 0.1) is 0 Å². The van der Waals surface area contributed by atoms with E-state index in [1.807, 2.05) is 0 Å². The molecule has 0 aromatic rings. The SMILES string of the molecule is C=CC(=O)OC[Si](O[Si](C)(C)C)(O[Si](C)(C)C)[Si](C)(C)O[Si](C)(C)C. The summed E-state index contributed by atoms with van der Waals surface area (Å²) in [4.78, 5) is 11.8. The van der Waals surface area contributed by atoms with Gasteiger partial charge in [0.15, 0.2) is 25.0 Å². The van der Waals surface area contributed by atoms with E-state index in [4.69, 9.17) is 17.1 Å². The number of rotatable bonds is 10. The normalized spacial score (nSPS) is 14.4. The van der Waals surface area contributed by atoms with Crippen molar-refractivity contribution >= 4 is 46.8 Å². The van der Waals surface area contributed by atoms with E-state index in [2.05, 4.69) is 78.6 Å². The number of esters is 1. The second kappa shape index (κ2) is 8.46. The number of hydrogen-bond donors (Lipinski definition) is 0. The molecule has 0 bridgehead atoms. The molecule has 0 saturated heterocycles. The van der Waals surface area contributed by atoms with Crippen LogP contribution >= 0.6 is 0 Å². The Morgan fingerprint density at radius 2 is 1.12 bits per heavy atom. The van der Waals surface area contributed by atoms with Crippen molar-refractivity contribution in [3.63, 3.8) is 0 Å². The van der Waals surface area contributed by atoms with Crippen molar-refractivity contribution in [3.8, 4) is 0 Å². The molecule has 0 fully saturated rings. The number of carbonyl (C=O) groups excluding carboxylic acids is 1. The van der Waals surface area contributed by atoms with Crippen LogP contribution in [0.4, 0.5) is 0 Å². The van der Waals surface area contributed by atoms with Crippen LogP contribution in [-0.2, 0) is 21.9 Å². The molecule has 0 aliphatic heterocycles. The van der Waals surface area contributed by atoms with Crippen LogP contribution in [-0.4, -0.2) is 53.1 Å². The minimum Gasteiger partial charge on any atom is -0.461 e. The van der Waals surface area contributed by atoms with Crippen LogP contribution in [0.3, 0.4) is 0 Å².